The molecule has 1 atom stereocenters. The van der Waals surface area contributed by atoms with Crippen molar-refractivity contribution in [2.75, 3.05) is 13.7 Å². The first-order chi connectivity index (χ1) is 12.2. The highest BCUT2D eigenvalue weighted by Crippen LogP contribution is 2.42. The minimum Gasteiger partial charge on any atom is -0.496 e. The van der Waals surface area contributed by atoms with Gasteiger partial charge in [-0.1, -0.05) is 24.3 Å². The number of aliphatic hydroxyl groups is 1. The number of carbonyl (C=O) groups excluding carboxylic acids is 1. The van der Waals surface area contributed by atoms with Gasteiger partial charge in [-0.25, -0.2) is 0 Å². The number of nitrogens with zero attached hydrogens (tertiary/aromatic N) is 2. The van der Waals surface area contributed by atoms with Gasteiger partial charge in [0, 0.05) is 29.4 Å². The smallest absolute Gasteiger partial charge is 0.271 e. The number of carbonyl (C=O) groups is 1. The molecular formula is C20H20N2O3. The fourth-order valence-electron chi connectivity index (χ4n) is 3.63. The molecule has 3 aromatic rings. The number of rotatable bonds is 4. The molecule has 1 unspecified atom stereocenters. The van der Waals surface area contributed by atoms with E-state index in [0.717, 1.165) is 28.0 Å². The Labute approximate surface area is 146 Å². The topological polar surface area (TPSA) is 54.2 Å². The number of pyridine rings is 1. The highest BCUT2D eigenvalue weighted by Gasteiger charge is 2.37. The quantitative estimate of drug-likeness (QED) is 0.797. The minimum atomic E-state index is -0.218. The molecule has 5 nitrogen and oxygen atoms in total. The number of para-hydroxylation sites is 1. The third kappa shape index (κ3) is 2.23. The van der Waals surface area contributed by atoms with Gasteiger partial charge in [0.2, 0.25) is 0 Å². The Balaban J connectivity index is 2.00. The van der Waals surface area contributed by atoms with E-state index in [4.69, 9.17) is 4.74 Å². The van der Waals surface area contributed by atoms with Gasteiger partial charge in [-0.15, -0.1) is 0 Å². The van der Waals surface area contributed by atoms with Crippen LogP contribution in [0.3, 0.4) is 0 Å². The standard InChI is InChI=1S/C20H20N2O3/c1-13(12-23)22-11-15-18(14-7-3-4-9-17(14)25-2)16-8-5-6-10-21(16)19(15)20(22)24/h3-10,13,23H,11-12H2,1-2H3. The predicted molar refractivity (Wildman–Crippen MR) is 95.8 cm³/mol. The second kappa shape index (κ2) is 5.93. The molecule has 4 rings (SSSR count). The van der Waals surface area contributed by atoms with Gasteiger partial charge in [0.25, 0.3) is 5.91 Å². The molecule has 1 aromatic carbocycles. The van der Waals surface area contributed by atoms with Crippen LogP contribution in [0.15, 0.2) is 48.7 Å². The van der Waals surface area contributed by atoms with E-state index < -0.39 is 0 Å². The number of fused-ring (bicyclic) bond motifs is 3. The van der Waals surface area contributed by atoms with Crippen LogP contribution in [0.1, 0.15) is 23.0 Å². The lowest BCUT2D eigenvalue weighted by Gasteiger charge is -2.23. The summed E-state index contributed by atoms with van der Waals surface area (Å²) in [6, 6.07) is 13.6. The largest absolute Gasteiger partial charge is 0.496 e. The summed E-state index contributed by atoms with van der Waals surface area (Å²) in [5.74, 6) is 0.738. The molecule has 0 aliphatic carbocycles. The fourth-order valence-corrected chi connectivity index (χ4v) is 3.63. The number of hydrogen-bond acceptors (Lipinski definition) is 3. The molecule has 25 heavy (non-hydrogen) atoms. The van der Waals surface area contributed by atoms with Crippen LogP contribution >= 0.6 is 0 Å². The first-order valence-corrected chi connectivity index (χ1v) is 8.34. The zero-order valence-corrected chi connectivity index (χ0v) is 14.3. The average molecular weight is 336 g/mol. The van der Waals surface area contributed by atoms with Crippen molar-refractivity contribution < 1.29 is 14.6 Å². The summed E-state index contributed by atoms with van der Waals surface area (Å²) in [6.45, 7) is 2.30. The lowest BCUT2D eigenvalue weighted by Crippen LogP contribution is -2.36. The van der Waals surface area contributed by atoms with Crippen molar-refractivity contribution in [1.82, 2.24) is 9.30 Å². The Morgan fingerprint density at radius 3 is 2.72 bits per heavy atom. The first-order valence-electron chi connectivity index (χ1n) is 8.34. The number of benzene rings is 1. The number of hydrogen-bond donors (Lipinski definition) is 1. The van der Waals surface area contributed by atoms with Gasteiger partial charge >= 0.3 is 0 Å². The van der Waals surface area contributed by atoms with Gasteiger partial charge in [-0.2, -0.15) is 0 Å². The molecule has 0 saturated heterocycles. The van der Waals surface area contributed by atoms with Gasteiger partial charge in [-0.05, 0) is 25.1 Å². The van der Waals surface area contributed by atoms with Crippen molar-refractivity contribution in [3.8, 4) is 16.9 Å². The molecule has 1 N–H and O–H groups in total. The van der Waals surface area contributed by atoms with E-state index in [2.05, 4.69) is 0 Å². The van der Waals surface area contributed by atoms with Crippen molar-refractivity contribution in [3.63, 3.8) is 0 Å². The summed E-state index contributed by atoms with van der Waals surface area (Å²) in [5, 5.41) is 9.49. The molecule has 2 aromatic heterocycles. The Bertz CT molecular complexity index is 961. The monoisotopic (exact) mass is 336 g/mol. The molecule has 0 fully saturated rings. The third-order valence-corrected chi connectivity index (χ3v) is 4.91. The van der Waals surface area contributed by atoms with Crippen molar-refractivity contribution in [2.45, 2.75) is 19.5 Å². The number of aliphatic hydroxyl groups excluding tert-OH is 1. The SMILES string of the molecule is COc1ccccc1-c1c2c(n3ccccc13)C(=O)N(C(C)CO)C2. The second-order valence-electron chi connectivity index (χ2n) is 6.32. The van der Waals surface area contributed by atoms with Crippen molar-refractivity contribution in [3.05, 3.63) is 59.9 Å². The third-order valence-electron chi connectivity index (χ3n) is 4.91. The molecular weight excluding hydrogens is 316 g/mol. The van der Waals surface area contributed by atoms with Gasteiger partial charge < -0.3 is 19.1 Å². The maximum atomic E-state index is 13.0. The van der Waals surface area contributed by atoms with E-state index in [-0.39, 0.29) is 18.6 Å². The van der Waals surface area contributed by atoms with Crippen LogP contribution in [-0.4, -0.2) is 40.1 Å². The molecule has 0 bridgehead atoms. The zero-order valence-electron chi connectivity index (χ0n) is 14.3. The van der Waals surface area contributed by atoms with Crippen LogP contribution in [0.2, 0.25) is 0 Å². The molecule has 3 heterocycles. The van der Waals surface area contributed by atoms with Crippen LogP contribution in [-0.2, 0) is 6.54 Å². The van der Waals surface area contributed by atoms with E-state index in [9.17, 15) is 9.90 Å². The van der Waals surface area contributed by atoms with Crippen LogP contribution in [0.5, 0.6) is 5.75 Å². The van der Waals surface area contributed by atoms with Crippen LogP contribution < -0.4 is 4.74 Å². The van der Waals surface area contributed by atoms with E-state index in [1.165, 1.54) is 0 Å². The highest BCUT2D eigenvalue weighted by atomic mass is 16.5. The fraction of sp³-hybridized carbons (Fsp3) is 0.250. The Kier molecular flexibility index (Phi) is 3.73. The van der Waals surface area contributed by atoms with Gasteiger partial charge in [0.05, 0.1) is 25.3 Å². The number of amides is 1. The number of methoxy groups -OCH3 is 1. The maximum absolute atomic E-state index is 13.0. The predicted octanol–water partition coefficient (Wildman–Crippen LogP) is 2.95. The normalized spacial score (nSPS) is 14.8. The van der Waals surface area contributed by atoms with Crippen LogP contribution in [0, 0.1) is 0 Å². The average Bonchev–Trinajstić information content (AvgIpc) is 3.15. The molecule has 1 aliphatic rings. The number of ether oxygens (including phenoxy) is 1. The molecule has 0 saturated carbocycles. The summed E-state index contributed by atoms with van der Waals surface area (Å²) < 4.78 is 7.50. The molecule has 5 heteroatoms. The molecule has 0 radical (unpaired) electrons. The molecule has 1 aliphatic heterocycles. The lowest BCUT2D eigenvalue weighted by molar-refractivity contribution is 0.0638. The van der Waals surface area contributed by atoms with Crippen molar-refractivity contribution in [1.29, 1.82) is 0 Å². The van der Waals surface area contributed by atoms with Gasteiger partial charge in [0.1, 0.15) is 11.4 Å². The van der Waals surface area contributed by atoms with Crippen LogP contribution in [0.25, 0.3) is 16.6 Å². The summed E-state index contributed by atoms with van der Waals surface area (Å²) in [7, 11) is 1.66. The first kappa shape index (κ1) is 15.7. The Morgan fingerprint density at radius 2 is 1.96 bits per heavy atom. The molecule has 1 amide bonds. The van der Waals surface area contributed by atoms with E-state index in [0.29, 0.717) is 12.2 Å². The summed E-state index contributed by atoms with van der Waals surface area (Å²) >= 11 is 0. The van der Waals surface area contributed by atoms with Gasteiger partial charge in [0.15, 0.2) is 0 Å². The lowest BCUT2D eigenvalue weighted by atomic mass is 10.0. The highest BCUT2D eigenvalue weighted by molar-refractivity contribution is 6.04. The number of aromatic nitrogens is 1. The Hall–Kier alpha value is -2.79. The Morgan fingerprint density at radius 1 is 1.20 bits per heavy atom. The van der Waals surface area contributed by atoms with Crippen LogP contribution in [0.4, 0.5) is 0 Å². The minimum absolute atomic E-state index is 0.0427. The van der Waals surface area contributed by atoms with E-state index in [1.54, 1.807) is 12.0 Å². The maximum Gasteiger partial charge on any atom is 0.271 e. The van der Waals surface area contributed by atoms with Gasteiger partial charge in [-0.3, -0.25) is 4.79 Å². The summed E-state index contributed by atoms with van der Waals surface area (Å²) in [6.07, 6.45) is 1.91. The van der Waals surface area contributed by atoms with Crippen molar-refractivity contribution >= 4 is 11.4 Å². The second-order valence-corrected chi connectivity index (χ2v) is 6.32. The molecule has 0 spiro atoms. The van der Waals surface area contributed by atoms with E-state index >= 15 is 0 Å². The van der Waals surface area contributed by atoms with Crippen molar-refractivity contribution in [2.24, 2.45) is 0 Å². The summed E-state index contributed by atoms with van der Waals surface area (Å²) in [4.78, 5) is 14.7. The molecule has 128 valence electrons. The van der Waals surface area contributed by atoms with E-state index in [1.807, 2.05) is 60.0 Å². The summed E-state index contributed by atoms with van der Waals surface area (Å²) in [5.41, 5.74) is 4.65. The zero-order chi connectivity index (χ0) is 17.6.